The Labute approximate surface area is 124 Å². The summed E-state index contributed by atoms with van der Waals surface area (Å²) >= 11 is 5.94. The Kier molecular flexibility index (Phi) is 5.37. The first-order valence-corrected chi connectivity index (χ1v) is 7.40. The zero-order valence-corrected chi connectivity index (χ0v) is 13.0. The second-order valence-electron chi connectivity index (χ2n) is 5.48. The zero-order chi connectivity index (χ0) is 14.5. The number of halogens is 1. The smallest absolute Gasteiger partial charge is 0.322 e. The van der Waals surface area contributed by atoms with Crippen molar-refractivity contribution in [3.63, 3.8) is 0 Å². The van der Waals surface area contributed by atoms with Gasteiger partial charge in [0.25, 0.3) is 0 Å². The fourth-order valence-corrected chi connectivity index (χ4v) is 2.56. The van der Waals surface area contributed by atoms with Crippen molar-refractivity contribution in [2.75, 3.05) is 31.6 Å². The first-order valence-electron chi connectivity index (χ1n) is 7.02. The van der Waals surface area contributed by atoms with E-state index in [-0.39, 0.29) is 11.3 Å². The van der Waals surface area contributed by atoms with Gasteiger partial charge < -0.3 is 15.0 Å². The Morgan fingerprint density at radius 2 is 2.20 bits per heavy atom. The van der Waals surface area contributed by atoms with Crippen molar-refractivity contribution in [1.29, 1.82) is 0 Å². The maximum atomic E-state index is 5.94. The van der Waals surface area contributed by atoms with Gasteiger partial charge in [0.1, 0.15) is 0 Å². The lowest BCUT2D eigenvalue weighted by molar-refractivity contribution is 0.377. The summed E-state index contributed by atoms with van der Waals surface area (Å²) in [5.74, 6) is 1.10. The molecule has 0 amide bonds. The first kappa shape index (κ1) is 15.3. The number of hydrogen-bond acceptors (Lipinski definition) is 6. The van der Waals surface area contributed by atoms with E-state index in [0.29, 0.717) is 17.9 Å². The van der Waals surface area contributed by atoms with Gasteiger partial charge in [0, 0.05) is 19.1 Å². The van der Waals surface area contributed by atoms with Gasteiger partial charge >= 0.3 is 6.01 Å². The summed E-state index contributed by atoms with van der Waals surface area (Å²) in [6.07, 6.45) is 2.41. The van der Waals surface area contributed by atoms with E-state index in [9.17, 15) is 0 Å². The van der Waals surface area contributed by atoms with Crippen molar-refractivity contribution in [2.24, 2.45) is 5.92 Å². The monoisotopic (exact) mass is 299 g/mol. The van der Waals surface area contributed by atoms with Crippen LogP contribution in [0.15, 0.2) is 0 Å². The van der Waals surface area contributed by atoms with Crippen LogP contribution in [-0.4, -0.2) is 47.7 Å². The molecule has 1 aromatic heterocycles. The van der Waals surface area contributed by atoms with Crippen LogP contribution in [0.4, 0.5) is 5.95 Å². The zero-order valence-electron chi connectivity index (χ0n) is 12.3. The molecule has 1 N–H and O–H groups in total. The minimum atomic E-state index is 0.167. The Morgan fingerprint density at radius 1 is 1.40 bits per heavy atom. The standard InChI is InChI=1S/C13H22ClN5O/c1-9(2)7-19(8-10-5-4-6-15-10)12-16-11(14)17-13(18-12)20-3/h9-10,15H,4-8H2,1-3H3. The fourth-order valence-electron chi connectivity index (χ4n) is 2.41. The highest BCUT2D eigenvalue weighted by Crippen LogP contribution is 2.18. The first-order chi connectivity index (χ1) is 9.58. The van der Waals surface area contributed by atoms with Crippen LogP contribution in [-0.2, 0) is 0 Å². The van der Waals surface area contributed by atoms with Crippen molar-refractivity contribution in [2.45, 2.75) is 32.7 Å². The highest BCUT2D eigenvalue weighted by molar-refractivity contribution is 6.28. The third-order valence-corrected chi connectivity index (χ3v) is 3.40. The van der Waals surface area contributed by atoms with Crippen molar-refractivity contribution in [3.05, 3.63) is 5.28 Å². The van der Waals surface area contributed by atoms with E-state index in [4.69, 9.17) is 16.3 Å². The molecule has 1 aliphatic heterocycles. The highest BCUT2D eigenvalue weighted by Gasteiger charge is 2.21. The lowest BCUT2D eigenvalue weighted by Gasteiger charge is -2.27. The molecule has 20 heavy (non-hydrogen) atoms. The lowest BCUT2D eigenvalue weighted by Crippen LogP contribution is -2.40. The van der Waals surface area contributed by atoms with Crippen LogP contribution < -0.4 is 15.0 Å². The number of anilines is 1. The molecule has 1 fully saturated rings. The van der Waals surface area contributed by atoms with Crippen LogP contribution in [0.2, 0.25) is 5.28 Å². The lowest BCUT2D eigenvalue weighted by atomic mass is 10.1. The maximum absolute atomic E-state index is 5.94. The van der Waals surface area contributed by atoms with Gasteiger partial charge in [0.05, 0.1) is 7.11 Å². The van der Waals surface area contributed by atoms with Gasteiger partial charge in [-0.25, -0.2) is 0 Å². The fraction of sp³-hybridized carbons (Fsp3) is 0.769. The summed E-state index contributed by atoms with van der Waals surface area (Å²) in [6.45, 7) is 7.19. The molecular weight excluding hydrogens is 278 g/mol. The number of aromatic nitrogens is 3. The third kappa shape index (κ3) is 4.18. The number of ether oxygens (including phenoxy) is 1. The molecule has 1 saturated heterocycles. The Bertz CT molecular complexity index is 437. The van der Waals surface area contributed by atoms with Crippen LogP contribution in [0.1, 0.15) is 26.7 Å². The molecule has 0 radical (unpaired) electrons. The number of nitrogens with zero attached hydrogens (tertiary/aromatic N) is 4. The topological polar surface area (TPSA) is 63.2 Å². The van der Waals surface area contributed by atoms with E-state index in [0.717, 1.165) is 19.6 Å². The summed E-state index contributed by atoms with van der Waals surface area (Å²) in [5.41, 5.74) is 0. The number of rotatable bonds is 6. The van der Waals surface area contributed by atoms with Crippen LogP contribution in [0.3, 0.4) is 0 Å². The molecule has 7 heteroatoms. The van der Waals surface area contributed by atoms with Gasteiger partial charge in [0.2, 0.25) is 11.2 Å². The molecule has 1 aliphatic rings. The molecular formula is C13H22ClN5O. The molecule has 1 aromatic rings. The summed E-state index contributed by atoms with van der Waals surface area (Å²) in [7, 11) is 1.53. The van der Waals surface area contributed by atoms with Crippen LogP contribution >= 0.6 is 11.6 Å². The predicted molar refractivity (Wildman–Crippen MR) is 79.5 cm³/mol. The van der Waals surface area contributed by atoms with Crippen LogP contribution in [0.25, 0.3) is 0 Å². The summed E-state index contributed by atoms with van der Waals surface area (Å²) in [6, 6.07) is 0.739. The summed E-state index contributed by atoms with van der Waals surface area (Å²) in [5, 5.41) is 3.66. The van der Waals surface area contributed by atoms with Gasteiger partial charge in [-0.05, 0) is 36.9 Å². The third-order valence-electron chi connectivity index (χ3n) is 3.23. The highest BCUT2D eigenvalue weighted by atomic mass is 35.5. The largest absolute Gasteiger partial charge is 0.467 e. The number of hydrogen-bond donors (Lipinski definition) is 1. The molecule has 2 rings (SSSR count). The number of nitrogens with one attached hydrogen (secondary N) is 1. The van der Waals surface area contributed by atoms with E-state index >= 15 is 0 Å². The Balaban J connectivity index is 2.17. The quantitative estimate of drug-likeness (QED) is 0.863. The molecule has 0 bridgehead atoms. The Hall–Kier alpha value is -1.14. The molecule has 112 valence electrons. The SMILES string of the molecule is COc1nc(Cl)nc(N(CC(C)C)CC2CCCN2)n1. The van der Waals surface area contributed by atoms with E-state index in [1.54, 1.807) is 0 Å². The summed E-state index contributed by atoms with van der Waals surface area (Å²) in [4.78, 5) is 14.6. The average molecular weight is 300 g/mol. The molecule has 1 unspecified atom stereocenters. The molecule has 0 aromatic carbocycles. The van der Waals surface area contributed by atoms with Gasteiger partial charge in [-0.3, -0.25) is 0 Å². The van der Waals surface area contributed by atoms with Crippen LogP contribution in [0, 0.1) is 5.92 Å². The van der Waals surface area contributed by atoms with E-state index in [1.165, 1.54) is 20.0 Å². The second kappa shape index (κ2) is 7.04. The van der Waals surface area contributed by atoms with E-state index in [1.807, 2.05) is 0 Å². The van der Waals surface area contributed by atoms with E-state index in [2.05, 4.69) is 39.0 Å². The van der Waals surface area contributed by atoms with Crippen molar-refractivity contribution < 1.29 is 4.74 Å². The minimum Gasteiger partial charge on any atom is -0.467 e. The van der Waals surface area contributed by atoms with Crippen LogP contribution in [0.5, 0.6) is 6.01 Å². The average Bonchev–Trinajstić information content (AvgIpc) is 2.89. The maximum Gasteiger partial charge on any atom is 0.322 e. The van der Waals surface area contributed by atoms with Crippen molar-refractivity contribution in [3.8, 4) is 6.01 Å². The molecule has 0 saturated carbocycles. The Morgan fingerprint density at radius 3 is 2.80 bits per heavy atom. The van der Waals surface area contributed by atoms with E-state index < -0.39 is 0 Å². The van der Waals surface area contributed by atoms with Gasteiger partial charge in [-0.15, -0.1) is 0 Å². The van der Waals surface area contributed by atoms with Crippen molar-refractivity contribution in [1.82, 2.24) is 20.3 Å². The molecule has 1 atom stereocenters. The second-order valence-corrected chi connectivity index (χ2v) is 5.82. The van der Waals surface area contributed by atoms with Gasteiger partial charge in [0.15, 0.2) is 0 Å². The molecule has 0 spiro atoms. The molecule has 0 aliphatic carbocycles. The predicted octanol–water partition coefficient (Wildman–Crippen LogP) is 1.75. The van der Waals surface area contributed by atoms with Gasteiger partial charge in [-0.2, -0.15) is 15.0 Å². The minimum absolute atomic E-state index is 0.167. The van der Waals surface area contributed by atoms with Gasteiger partial charge in [-0.1, -0.05) is 13.8 Å². The van der Waals surface area contributed by atoms with Crippen molar-refractivity contribution >= 4 is 17.5 Å². The molecule has 2 heterocycles. The normalized spacial score (nSPS) is 18.6. The number of methoxy groups -OCH3 is 1. The summed E-state index contributed by atoms with van der Waals surface area (Å²) < 4.78 is 5.07. The molecule has 6 nitrogen and oxygen atoms in total.